The number of thioether (sulfide) groups is 2. The molecule has 0 aromatic carbocycles. The van der Waals surface area contributed by atoms with Crippen molar-refractivity contribution in [2.24, 2.45) is 5.84 Å². The third-order valence-corrected chi connectivity index (χ3v) is 6.05. The average Bonchev–Trinajstić information content (AvgIpc) is 2.33. The van der Waals surface area contributed by atoms with Gasteiger partial charge in [-0.05, 0) is 0 Å². The molecule has 0 amide bonds. The Kier molecular flexibility index (Phi) is 3.94. The first-order valence-corrected chi connectivity index (χ1v) is 7.26. The van der Waals surface area contributed by atoms with Gasteiger partial charge in [0.1, 0.15) is 11.6 Å². The number of nitrogens with one attached hydrogen (secondary N) is 1. The first-order valence-electron chi connectivity index (χ1n) is 5.27. The Bertz CT molecular complexity index is 360. The van der Waals surface area contributed by atoms with Crippen molar-refractivity contribution < 1.29 is 0 Å². The Morgan fingerprint density at radius 1 is 1.44 bits per heavy atom. The van der Waals surface area contributed by atoms with E-state index in [-0.39, 0.29) is 0 Å². The number of hydrazine groups is 1. The van der Waals surface area contributed by atoms with Crippen molar-refractivity contribution in [3.63, 3.8) is 0 Å². The zero-order chi connectivity index (χ0) is 11.5. The SMILES string of the molecule is CC1SCC(c2nccc(NN)n2)SC1C. The molecule has 16 heavy (non-hydrogen) atoms. The van der Waals surface area contributed by atoms with Crippen LogP contribution in [0.4, 0.5) is 5.82 Å². The van der Waals surface area contributed by atoms with Gasteiger partial charge in [0, 0.05) is 28.5 Å². The molecule has 1 saturated heterocycles. The van der Waals surface area contributed by atoms with Gasteiger partial charge in [0.15, 0.2) is 0 Å². The van der Waals surface area contributed by atoms with Crippen LogP contribution in [0.1, 0.15) is 24.9 Å². The maximum absolute atomic E-state index is 5.35. The van der Waals surface area contributed by atoms with Gasteiger partial charge in [0.2, 0.25) is 0 Å². The van der Waals surface area contributed by atoms with Gasteiger partial charge < -0.3 is 5.43 Å². The number of nitrogens with two attached hydrogens (primary N) is 1. The Hall–Kier alpha value is -0.460. The largest absolute Gasteiger partial charge is 0.308 e. The smallest absolute Gasteiger partial charge is 0.144 e. The van der Waals surface area contributed by atoms with E-state index in [4.69, 9.17) is 5.84 Å². The third kappa shape index (κ3) is 2.61. The van der Waals surface area contributed by atoms with Crippen LogP contribution < -0.4 is 11.3 Å². The van der Waals surface area contributed by atoms with Gasteiger partial charge in [-0.3, -0.25) is 0 Å². The first kappa shape index (κ1) is 12.0. The zero-order valence-corrected chi connectivity index (χ0v) is 11.0. The summed E-state index contributed by atoms with van der Waals surface area (Å²) in [6, 6.07) is 1.77. The molecule has 3 N–H and O–H groups in total. The van der Waals surface area contributed by atoms with E-state index in [2.05, 4.69) is 29.2 Å². The Morgan fingerprint density at radius 3 is 2.94 bits per heavy atom. The number of anilines is 1. The van der Waals surface area contributed by atoms with Crippen molar-refractivity contribution in [2.75, 3.05) is 11.2 Å². The molecular formula is C10H16N4S2. The number of nitrogens with zero attached hydrogens (tertiary/aromatic N) is 2. The normalized spacial score (nSPS) is 30.1. The van der Waals surface area contributed by atoms with Gasteiger partial charge in [-0.15, -0.1) is 11.8 Å². The Labute approximate surface area is 104 Å². The van der Waals surface area contributed by atoms with Gasteiger partial charge in [-0.25, -0.2) is 15.8 Å². The number of hydrogen-bond acceptors (Lipinski definition) is 6. The van der Waals surface area contributed by atoms with E-state index in [9.17, 15) is 0 Å². The molecule has 0 saturated carbocycles. The highest BCUT2D eigenvalue weighted by Crippen LogP contribution is 2.43. The maximum Gasteiger partial charge on any atom is 0.144 e. The summed E-state index contributed by atoms with van der Waals surface area (Å²) < 4.78 is 0. The highest BCUT2D eigenvalue weighted by molar-refractivity contribution is 8.07. The standard InChI is InChI=1S/C10H16N4S2/c1-6-7(2)16-8(5-15-6)10-12-4-3-9(13-10)14-11/h3-4,6-8H,5,11H2,1-2H3,(H,12,13,14). The highest BCUT2D eigenvalue weighted by atomic mass is 32.2. The summed E-state index contributed by atoms with van der Waals surface area (Å²) in [5, 5.41) is 1.73. The van der Waals surface area contributed by atoms with Crippen LogP contribution in [0.2, 0.25) is 0 Å². The first-order chi connectivity index (χ1) is 7.70. The van der Waals surface area contributed by atoms with Crippen LogP contribution in [0.15, 0.2) is 12.3 Å². The summed E-state index contributed by atoms with van der Waals surface area (Å²) in [4.78, 5) is 8.72. The van der Waals surface area contributed by atoms with Crippen LogP contribution >= 0.6 is 23.5 Å². The number of nitrogen functional groups attached to an aromatic ring is 1. The lowest BCUT2D eigenvalue weighted by molar-refractivity contribution is 0.859. The van der Waals surface area contributed by atoms with Gasteiger partial charge >= 0.3 is 0 Å². The van der Waals surface area contributed by atoms with Crippen molar-refractivity contribution in [1.82, 2.24) is 9.97 Å². The van der Waals surface area contributed by atoms with Crippen LogP contribution in [0.25, 0.3) is 0 Å². The lowest BCUT2D eigenvalue weighted by atomic mass is 10.3. The van der Waals surface area contributed by atoms with Crippen LogP contribution in [0, 0.1) is 0 Å². The molecule has 0 bridgehead atoms. The molecule has 1 aromatic rings. The van der Waals surface area contributed by atoms with Crippen LogP contribution in [-0.2, 0) is 0 Å². The van der Waals surface area contributed by atoms with E-state index in [0.717, 1.165) is 11.6 Å². The Balaban J connectivity index is 2.12. The summed E-state index contributed by atoms with van der Waals surface area (Å²) in [5.41, 5.74) is 2.56. The molecular weight excluding hydrogens is 240 g/mol. The van der Waals surface area contributed by atoms with E-state index >= 15 is 0 Å². The quantitative estimate of drug-likeness (QED) is 0.624. The second-order valence-corrected chi connectivity index (χ2v) is 6.81. The summed E-state index contributed by atoms with van der Waals surface area (Å²) in [6.07, 6.45) is 1.76. The van der Waals surface area contributed by atoms with E-state index in [0.29, 0.717) is 21.6 Å². The van der Waals surface area contributed by atoms with Gasteiger partial charge in [-0.1, -0.05) is 13.8 Å². The summed E-state index contributed by atoms with van der Waals surface area (Å²) in [7, 11) is 0. The van der Waals surface area contributed by atoms with E-state index in [1.54, 1.807) is 12.3 Å². The fraction of sp³-hybridized carbons (Fsp3) is 0.600. The van der Waals surface area contributed by atoms with Crippen LogP contribution in [0.5, 0.6) is 0 Å². The maximum atomic E-state index is 5.35. The molecule has 3 unspecified atom stereocenters. The van der Waals surface area contributed by atoms with Crippen LogP contribution in [-0.4, -0.2) is 26.2 Å². The minimum Gasteiger partial charge on any atom is -0.308 e. The second kappa shape index (κ2) is 5.25. The minimum atomic E-state index is 0.379. The molecule has 1 aromatic heterocycles. The van der Waals surface area contributed by atoms with Crippen LogP contribution in [0.3, 0.4) is 0 Å². The van der Waals surface area contributed by atoms with Crippen molar-refractivity contribution in [2.45, 2.75) is 29.6 Å². The predicted molar refractivity (Wildman–Crippen MR) is 71.6 cm³/mol. The van der Waals surface area contributed by atoms with Crippen molar-refractivity contribution in [3.05, 3.63) is 18.1 Å². The van der Waals surface area contributed by atoms with Crippen molar-refractivity contribution >= 4 is 29.3 Å². The lowest BCUT2D eigenvalue weighted by Crippen LogP contribution is -2.23. The molecule has 0 aliphatic carbocycles. The number of hydrogen-bond donors (Lipinski definition) is 2. The average molecular weight is 256 g/mol. The fourth-order valence-electron chi connectivity index (χ4n) is 1.53. The summed E-state index contributed by atoms with van der Waals surface area (Å²) in [5.74, 6) is 7.98. The van der Waals surface area contributed by atoms with Gasteiger partial charge in [-0.2, -0.15) is 11.8 Å². The predicted octanol–water partition coefficient (Wildman–Crippen LogP) is 2.06. The second-order valence-electron chi connectivity index (χ2n) is 3.81. The molecule has 1 aliphatic heterocycles. The van der Waals surface area contributed by atoms with Gasteiger partial charge in [0.05, 0.1) is 5.25 Å². The molecule has 0 spiro atoms. The molecule has 6 heteroatoms. The summed E-state index contributed by atoms with van der Waals surface area (Å²) >= 11 is 3.94. The molecule has 0 radical (unpaired) electrons. The Morgan fingerprint density at radius 2 is 2.25 bits per heavy atom. The topological polar surface area (TPSA) is 63.8 Å². The number of rotatable bonds is 2. The van der Waals surface area contributed by atoms with Crippen molar-refractivity contribution in [3.8, 4) is 0 Å². The molecule has 88 valence electrons. The molecule has 3 atom stereocenters. The highest BCUT2D eigenvalue weighted by Gasteiger charge is 2.28. The molecule has 4 nitrogen and oxygen atoms in total. The lowest BCUT2D eigenvalue weighted by Gasteiger charge is -2.30. The third-order valence-electron chi connectivity index (χ3n) is 2.66. The van der Waals surface area contributed by atoms with E-state index in [1.807, 2.05) is 23.5 Å². The van der Waals surface area contributed by atoms with Gasteiger partial charge in [0.25, 0.3) is 0 Å². The molecule has 2 heterocycles. The van der Waals surface area contributed by atoms with E-state index < -0.39 is 0 Å². The molecule has 1 aliphatic rings. The number of aromatic nitrogens is 2. The summed E-state index contributed by atoms with van der Waals surface area (Å²) in [6.45, 7) is 4.54. The fourth-order valence-corrected chi connectivity index (χ4v) is 4.38. The van der Waals surface area contributed by atoms with Crippen molar-refractivity contribution in [1.29, 1.82) is 0 Å². The monoisotopic (exact) mass is 256 g/mol. The molecule has 1 fully saturated rings. The molecule has 2 rings (SSSR count). The zero-order valence-electron chi connectivity index (χ0n) is 9.38. The minimum absolute atomic E-state index is 0.379. The van der Waals surface area contributed by atoms with E-state index in [1.165, 1.54) is 0 Å².